The van der Waals surface area contributed by atoms with Gasteiger partial charge in [0.25, 0.3) is 11.4 Å². The summed E-state index contributed by atoms with van der Waals surface area (Å²) in [6.45, 7) is 2.52. The van der Waals surface area contributed by atoms with Crippen molar-refractivity contribution in [1.29, 1.82) is 0 Å². The quantitative estimate of drug-likeness (QED) is 0.578. The molecular weight excluding hydrogens is 268 g/mol. The van der Waals surface area contributed by atoms with Gasteiger partial charge in [-0.3, -0.25) is 29.8 Å². The summed E-state index contributed by atoms with van der Waals surface area (Å²) in [7, 11) is 0. The number of carbonyl (C=O) groups is 2. The van der Waals surface area contributed by atoms with Gasteiger partial charge >= 0.3 is 0 Å². The summed E-state index contributed by atoms with van der Waals surface area (Å²) >= 11 is 0. The predicted molar refractivity (Wildman–Crippen MR) is 68.5 cm³/mol. The third kappa shape index (κ3) is 3.67. The molecule has 8 nitrogen and oxygen atoms in total. The van der Waals surface area contributed by atoms with Gasteiger partial charge in [0.1, 0.15) is 11.6 Å². The van der Waals surface area contributed by atoms with Crippen molar-refractivity contribution in [1.82, 2.24) is 0 Å². The maximum atomic E-state index is 11.1. The summed E-state index contributed by atoms with van der Waals surface area (Å²) < 4.78 is 0. The molecule has 0 spiro atoms. The molecule has 0 radical (unpaired) electrons. The van der Waals surface area contributed by atoms with E-state index in [0.717, 1.165) is 6.07 Å². The molecule has 1 rings (SSSR count). The summed E-state index contributed by atoms with van der Waals surface area (Å²) in [5.74, 6) is -0.619. The lowest BCUT2D eigenvalue weighted by Crippen LogP contribution is -2.07. The first-order valence-electron chi connectivity index (χ1n) is 5.65. The van der Waals surface area contributed by atoms with Crippen LogP contribution in [0.4, 0.5) is 11.4 Å². The molecule has 0 aromatic heterocycles. The van der Waals surface area contributed by atoms with Crippen LogP contribution in [0.5, 0.6) is 0 Å². The number of nitro benzene ring substituents is 2. The van der Waals surface area contributed by atoms with E-state index >= 15 is 0 Å². The number of benzene rings is 1. The highest BCUT2D eigenvalue weighted by Crippen LogP contribution is 2.30. The summed E-state index contributed by atoms with van der Waals surface area (Å²) in [6.07, 6.45) is -0.418. The Kier molecular flexibility index (Phi) is 4.63. The maximum absolute atomic E-state index is 11.1. The highest BCUT2D eigenvalue weighted by Gasteiger charge is 2.25. The molecule has 0 aliphatic carbocycles. The lowest BCUT2D eigenvalue weighted by molar-refractivity contribution is -0.395. The molecule has 1 aromatic carbocycles. The Morgan fingerprint density at radius 3 is 1.50 bits per heavy atom. The van der Waals surface area contributed by atoms with Gasteiger partial charge in [0, 0.05) is 24.0 Å². The molecule has 0 saturated carbocycles. The Balaban J connectivity index is 3.50. The van der Waals surface area contributed by atoms with Gasteiger partial charge in [0.2, 0.25) is 0 Å². The zero-order valence-electron chi connectivity index (χ0n) is 10.9. The van der Waals surface area contributed by atoms with E-state index < -0.39 is 21.2 Å². The van der Waals surface area contributed by atoms with Crippen LogP contribution in [0.3, 0.4) is 0 Å². The second kappa shape index (κ2) is 6.00. The molecule has 0 aliphatic rings. The Morgan fingerprint density at radius 2 is 1.25 bits per heavy atom. The standard InChI is InChI=1S/C12H12N2O6/c1-7(15)3-9-5-10(4-8(2)16)12(14(19)20)6-11(9)13(17)18/h5-6H,3-4H2,1-2H3. The fourth-order valence-corrected chi connectivity index (χ4v) is 1.83. The van der Waals surface area contributed by atoms with E-state index in [2.05, 4.69) is 0 Å². The van der Waals surface area contributed by atoms with Gasteiger partial charge in [0.05, 0.1) is 15.9 Å². The van der Waals surface area contributed by atoms with Crippen LogP contribution in [-0.4, -0.2) is 21.4 Å². The average Bonchev–Trinajstić information content (AvgIpc) is 2.26. The molecule has 8 heteroatoms. The van der Waals surface area contributed by atoms with Crippen molar-refractivity contribution in [3.05, 3.63) is 43.5 Å². The van der Waals surface area contributed by atoms with E-state index in [0.29, 0.717) is 0 Å². The molecule has 20 heavy (non-hydrogen) atoms. The number of hydrogen-bond donors (Lipinski definition) is 0. The number of rotatable bonds is 6. The average molecular weight is 280 g/mol. The number of Topliss-reactive ketones (excluding diaryl/α,β-unsaturated/α-hetero) is 2. The molecule has 0 saturated heterocycles. The van der Waals surface area contributed by atoms with Gasteiger partial charge in [0.15, 0.2) is 0 Å². The number of hydrogen-bond acceptors (Lipinski definition) is 6. The second-order valence-electron chi connectivity index (χ2n) is 4.38. The van der Waals surface area contributed by atoms with Crippen LogP contribution in [0.15, 0.2) is 12.1 Å². The van der Waals surface area contributed by atoms with Crippen molar-refractivity contribution < 1.29 is 19.4 Å². The van der Waals surface area contributed by atoms with Gasteiger partial charge < -0.3 is 0 Å². The SMILES string of the molecule is CC(=O)Cc1cc(CC(C)=O)c([N+](=O)[O-])cc1[N+](=O)[O-]. The largest absolute Gasteiger partial charge is 0.300 e. The van der Waals surface area contributed by atoms with Crippen LogP contribution in [0.25, 0.3) is 0 Å². The van der Waals surface area contributed by atoms with Crippen LogP contribution < -0.4 is 0 Å². The second-order valence-corrected chi connectivity index (χ2v) is 4.38. The van der Waals surface area contributed by atoms with Crippen LogP contribution in [0, 0.1) is 20.2 Å². The van der Waals surface area contributed by atoms with E-state index in [1.54, 1.807) is 0 Å². The van der Waals surface area contributed by atoms with Gasteiger partial charge in [-0.05, 0) is 19.9 Å². The third-order valence-electron chi connectivity index (χ3n) is 2.55. The summed E-state index contributed by atoms with van der Waals surface area (Å²) in [5.41, 5.74) is -0.827. The molecule has 0 heterocycles. The fraction of sp³-hybridized carbons (Fsp3) is 0.333. The monoisotopic (exact) mass is 280 g/mol. The lowest BCUT2D eigenvalue weighted by Gasteiger charge is -2.05. The number of nitro groups is 2. The fourth-order valence-electron chi connectivity index (χ4n) is 1.83. The van der Waals surface area contributed by atoms with Gasteiger partial charge in [-0.25, -0.2) is 0 Å². The molecule has 0 fully saturated rings. The first kappa shape index (κ1) is 15.4. The van der Waals surface area contributed by atoms with E-state index in [9.17, 15) is 29.8 Å². The smallest absolute Gasteiger partial charge is 0.279 e. The third-order valence-corrected chi connectivity index (χ3v) is 2.55. The Bertz CT molecular complexity index is 559. The summed E-state index contributed by atoms with van der Waals surface area (Å²) in [6, 6.07) is 2.00. The first-order valence-corrected chi connectivity index (χ1v) is 5.65. The molecule has 0 atom stereocenters. The van der Waals surface area contributed by atoms with E-state index in [1.807, 2.05) is 0 Å². The first-order chi connectivity index (χ1) is 9.22. The van der Waals surface area contributed by atoms with Gasteiger partial charge in [-0.2, -0.15) is 0 Å². The van der Waals surface area contributed by atoms with Crippen molar-refractivity contribution in [3.8, 4) is 0 Å². The normalized spacial score (nSPS) is 10.1. The minimum Gasteiger partial charge on any atom is -0.300 e. The zero-order chi connectivity index (χ0) is 15.4. The molecule has 106 valence electrons. The topological polar surface area (TPSA) is 120 Å². The van der Waals surface area contributed by atoms with Crippen molar-refractivity contribution in [2.24, 2.45) is 0 Å². The Hall–Kier alpha value is -2.64. The predicted octanol–water partition coefficient (Wildman–Crippen LogP) is 1.77. The van der Waals surface area contributed by atoms with E-state index in [-0.39, 0.29) is 35.5 Å². The van der Waals surface area contributed by atoms with Crippen molar-refractivity contribution in [2.45, 2.75) is 26.7 Å². The lowest BCUT2D eigenvalue weighted by atomic mass is 9.99. The van der Waals surface area contributed by atoms with Crippen LogP contribution in [0.2, 0.25) is 0 Å². The van der Waals surface area contributed by atoms with Gasteiger partial charge in [-0.1, -0.05) is 0 Å². The minimum atomic E-state index is -0.775. The zero-order valence-corrected chi connectivity index (χ0v) is 10.9. The van der Waals surface area contributed by atoms with Crippen LogP contribution in [0.1, 0.15) is 25.0 Å². The highest BCUT2D eigenvalue weighted by molar-refractivity contribution is 5.82. The number of carbonyl (C=O) groups excluding carboxylic acids is 2. The summed E-state index contributed by atoms with van der Waals surface area (Å²) in [5, 5.41) is 21.8. The van der Waals surface area contributed by atoms with Crippen LogP contribution >= 0.6 is 0 Å². The van der Waals surface area contributed by atoms with Crippen molar-refractivity contribution in [3.63, 3.8) is 0 Å². The summed E-state index contributed by atoms with van der Waals surface area (Å²) in [4.78, 5) is 42.5. The molecule has 1 aromatic rings. The van der Waals surface area contributed by atoms with E-state index in [4.69, 9.17) is 0 Å². The highest BCUT2D eigenvalue weighted by atomic mass is 16.6. The van der Waals surface area contributed by atoms with Gasteiger partial charge in [-0.15, -0.1) is 0 Å². The molecule has 0 bridgehead atoms. The van der Waals surface area contributed by atoms with Crippen LogP contribution in [-0.2, 0) is 22.4 Å². The van der Waals surface area contributed by atoms with Crippen molar-refractivity contribution >= 4 is 22.9 Å². The molecule has 0 N–H and O–H groups in total. The molecule has 0 unspecified atom stereocenters. The molecule has 0 aliphatic heterocycles. The number of nitrogens with zero attached hydrogens (tertiary/aromatic N) is 2. The Labute approximate surface area is 113 Å². The minimum absolute atomic E-state index is 0.0735. The molecule has 0 amide bonds. The Morgan fingerprint density at radius 1 is 0.900 bits per heavy atom. The van der Waals surface area contributed by atoms with Crippen molar-refractivity contribution in [2.75, 3.05) is 0 Å². The maximum Gasteiger partial charge on any atom is 0.279 e. The van der Waals surface area contributed by atoms with E-state index in [1.165, 1.54) is 19.9 Å². The number of ketones is 2. The molecular formula is C12H12N2O6.